The van der Waals surface area contributed by atoms with E-state index >= 15 is 0 Å². The van der Waals surface area contributed by atoms with Gasteiger partial charge in [-0.05, 0) is 32.1 Å². The third-order valence-electron chi connectivity index (χ3n) is 5.64. The minimum Gasteiger partial charge on any atom is -0.308 e. The molecule has 0 radical (unpaired) electrons. The van der Waals surface area contributed by atoms with Gasteiger partial charge in [0.25, 0.3) is 0 Å². The van der Waals surface area contributed by atoms with Crippen LogP contribution in [-0.4, -0.2) is 35.6 Å². The molecule has 1 heterocycles. The molecule has 3 aliphatic rings. The lowest BCUT2D eigenvalue weighted by Gasteiger charge is -2.49. The molecule has 2 nitrogen and oxygen atoms in total. The maximum absolute atomic E-state index is 3.94. The average Bonchev–Trinajstić information content (AvgIpc) is 3.04. The first-order chi connectivity index (χ1) is 8.83. The van der Waals surface area contributed by atoms with Gasteiger partial charge in [-0.1, -0.05) is 39.0 Å². The van der Waals surface area contributed by atoms with Crippen molar-refractivity contribution in [1.29, 1.82) is 0 Å². The molecule has 0 bridgehead atoms. The van der Waals surface area contributed by atoms with E-state index in [0.717, 1.165) is 12.1 Å². The Balaban J connectivity index is 1.70. The van der Waals surface area contributed by atoms with Crippen LogP contribution in [0.25, 0.3) is 0 Å². The molecule has 1 atom stereocenters. The second-order valence-electron chi connectivity index (χ2n) is 6.92. The zero-order chi connectivity index (χ0) is 12.4. The average molecular weight is 250 g/mol. The molecule has 1 aliphatic heterocycles. The Morgan fingerprint density at radius 3 is 2.50 bits per heavy atom. The van der Waals surface area contributed by atoms with Crippen molar-refractivity contribution in [3.63, 3.8) is 0 Å². The highest BCUT2D eigenvalue weighted by atomic mass is 15.3. The largest absolute Gasteiger partial charge is 0.308 e. The van der Waals surface area contributed by atoms with Crippen molar-refractivity contribution < 1.29 is 0 Å². The lowest BCUT2D eigenvalue weighted by molar-refractivity contribution is 0.0402. The van der Waals surface area contributed by atoms with Gasteiger partial charge in [-0.25, -0.2) is 0 Å². The van der Waals surface area contributed by atoms with Gasteiger partial charge in [-0.15, -0.1) is 0 Å². The lowest BCUT2D eigenvalue weighted by Crippen LogP contribution is -2.64. The predicted octanol–water partition coefficient (Wildman–Crippen LogP) is 3.32. The summed E-state index contributed by atoms with van der Waals surface area (Å²) in [5.41, 5.74) is 0.507. The molecule has 0 amide bonds. The van der Waals surface area contributed by atoms with Crippen LogP contribution in [0.3, 0.4) is 0 Å². The summed E-state index contributed by atoms with van der Waals surface area (Å²) in [7, 11) is 0. The van der Waals surface area contributed by atoms with Crippen LogP contribution >= 0.6 is 0 Å². The van der Waals surface area contributed by atoms with Gasteiger partial charge in [-0.2, -0.15) is 0 Å². The van der Waals surface area contributed by atoms with E-state index in [9.17, 15) is 0 Å². The Morgan fingerprint density at radius 2 is 1.83 bits per heavy atom. The molecule has 1 unspecified atom stereocenters. The zero-order valence-electron chi connectivity index (χ0n) is 12.1. The molecule has 3 rings (SSSR count). The third kappa shape index (κ3) is 2.46. The molecule has 2 heteroatoms. The second kappa shape index (κ2) is 5.50. The first kappa shape index (κ1) is 12.9. The van der Waals surface area contributed by atoms with Crippen molar-refractivity contribution in [3.8, 4) is 0 Å². The summed E-state index contributed by atoms with van der Waals surface area (Å²) >= 11 is 0. The van der Waals surface area contributed by atoms with Crippen molar-refractivity contribution >= 4 is 0 Å². The fourth-order valence-electron chi connectivity index (χ4n) is 4.64. The van der Waals surface area contributed by atoms with E-state index in [-0.39, 0.29) is 0 Å². The molecule has 2 aliphatic carbocycles. The normalized spacial score (nSPS) is 33.5. The fourth-order valence-corrected chi connectivity index (χ4v) is 4.64. The first-order valence-electron chi connectivity index (χ1n) is 8.34. The predicted molar refractivity (Wildman–Crippen MR) is 76.9 cm³/mol. The van der Waals surface area contributed by atoms with Gasteiger partial charge in [0.1, 0.15) is 0 Å². The summed E-state index contributed by atoms with van der Waals surface area (Å²) in [6.07, 6.45) is 14.4. The van der Waals surface area contributed by atoms with Crippen LogP contribution in [0, 0.1) is 0 Å². The van der Waals surface area contributed by atoms with E-state index in [1.54, 1.807) is 0 Å². The Labute approximate surface area is 113 Å². The van der Waals surface area contributed by atoms with Crippen LogP contribution in [0.2, 0.25) is 0 Å². The lowest BCUT2D eigenvalue weighted by atomic mass is 9.89. The molecule has 0 aromatic rings. The van der Waals surface area contributed by atoms with Crippen LogP contribution in [0.4, 0.5) is 0 Å². The zero-order valence-corrected chi connectivity index (χ0v) is 12.1. The second-order valence-corrected chi connectivity index (χ2v) is 6.92. The number of nitrogens with one attached hydrogen (secondary N) is 1. The van der Waals surface area contributed by atoms with Crippen LogP contribution in [0.1, 0.15) is 71.1 Å². The minimum atomic E-state index is 0.507. The van der Waals surface area contributed by atoms with E-state index in [0.29, 0.717) is 5.54 Å². The van der Waals surface area contributed by atoms with Crippen molar-refractivity contribution in [3.05, 3.63) is 0 Å². The van der Waals surface area contributed by atoms with E-state index in [1.807, 2.05) is 0 Å². The van der Waals surface area contributed by atoms with Crippen molar-refractivity contribution in [2.45, 2.75) is 88.8 Å². The van der Waals surface area contributed by atoms with Gasteiger partial charge in [0.2, 0.25) is 0 Å². The maximum Gasteiger partial charge on any atom is 0.0309 e. The standard InChI is InChI=1S/C16H30N2/c1-2-7-15-12-17-16(10-5-6-11-16)13-18(15)14-8-3-4-9-14/h14-15,17H,2-13H2,1H3. The molecule has 3 fully saturated rings. The Hall–Kier alpha value is -0.0800. The molecule has 104 valence electrons. The smallest absolute Gasteiger partial charge is 0.0309 e. The van der Waals surface area contributed by atoms with Crippen molar-refractivity contribution in [1.82, 2.24) is 10.2 Å². The molecule has 0 aromatic heterocycles. The molecular weight excluding hydrogens is 220 g/mol. The fraction of sp³-hybridized carbons (Fsp3) is 1.00. The van der Waals surface area contributed by atoms with Gasteiger partial charge < -0.3 is 5.32 Å². The quantitative estimate of drug-likeness (QED) is 0.826. The van der Waals surface area contributed by atoms with Crippen LogP contribution in [0.5, 0.6) is 0 Å². The molecule has 2 saturated carbocycles. The van der Waals surface area contributed by atoms with Gasteiger partial charge in [0.05, 0.1) is 0 Å². The Morgan fingerprint density at radius 1 is 1.11 bits per heavy atom. The SMILES string of the molecule is CCCC1CNC2(CCCC2)CN1C1CCCC1. The van der Waals surface area contributed by atoms with Gasteiger partial charge >= 0.3 is 0 Å². The highest BCUT2D eigenvalue weighted by Crippen LogP contribution is 2.37. The van der Waals surface area contributed by atoms with E-state index < -0.39 is 0 Å². The first-order valence-corrected chi connectivity index (χ1v) is 8.34. The highest BCUT2D eigenvalue weighted by molar-refractivity contribution is 5.02. The summed E-state index contributed by atoms with van der Waals surface area (Å²) in [6.45, 7) is 4.94. The molecule has 0 aromatic carbocycles. The van der Waals surface area contributed by atoms with E-state index in [4.69, 9.17) is 0 Å². The van der Waals surface area contributed by atoms with Crippen LogP contribution < -0.4 is 5.32 Å². The molecule has 1 spiro atoms. The summed E-state index contributed by atoms with van der Waals surface area (Å²) in [6, 6.07) is 1.74. The number of nitrogens with zero attached hydrogens (tertiary/aromatic N) is 1. The number of piperazine rings is 1. The minimum absolute atomic E-state index is 0.507. The Kier molecular flexibility index (Phi) is 3.95. The molecule has 1 saturated heterocycles. The number of hydrogen-bond acceptors (Lipinski definition) is 2. The molecule has 18 heavy (non-hydrogen) atoms. The van der Waals surface area contributed by atoms with E-state index in [1.165, 1.54) is 77.3 Å². The number of rotatable bonds is 3. The maximum atomic E-state index is 3.94. The van der Waals surface area contributed by atoms with E-state index in [2.05, 4.69) is 17.1 Å². The van der Waals surface area contributed by atoms with Crippen molar-refractivity contribution in [2.24, 2.45) is 0 Å². The van der Waals surface area contributed by atoms with Crippen molar-refractivity contribution in [2.75, 3.05) is 13.1 Å². The molecule has 1 N–H and O–H groups in total. The highest BCUT2D eigenvalue weighted by Gasteiger charge is 2.43. The summed E-state index contributed by atoms with van der Waals surface area (Å²) < 4.78 is 0. The van der Waals surface area contributed by atoms with Gasteiger partial charge in [-0.3, -0.25) is 4.90 Å². The Bertz CT molecular complexity index is 264. The topological polar surface area (TPSA) is 15.3 Å². The van der Waals surface area contributed by atoms with Crippen LogP contribution in [0.15, 0.2) is 0 Å². The number of hydrogen-bond donors (Lipinski definition) is 1. The van der Waals surface area contributed by atoms with Gasteiger partial charge in [0, 0.05) is 30.7 Å². The van der Waals surface area contributed by atoms with Crippen LogP contribution in [-0.2, 0) is 0 Å². The molecular formula is C16H30N2. The monoisotopic (exact) mass is 250 g/mol. The summed E-state index contributed by atoms with van der Waals surface area (Å²) in [4.78, 5) is 2.93. The van der Waals surface area contributed by atoms with Gasteiger partial charge in [0.15, 0.2) is 0 Å². The third-order valence-corrected chi connectivity index (χ3v) is 5.64. The summed E-state index contributed by atoms with van der Waals surface area (Å²) in [5, 5.41) is 3.94. The summed E-state index contributed by atoms with van der Waals surface area (Å²) in [5.74, 6) is 0.